The predicted molar refractivity (Wildman–Crippen MR) is 113 cm³/mol. The zero-order chi connectivity index (χ0) is 22.0. The standard InChI is InChI=1S/C21H20F3N7/c1-31-19-16(11-27-31)18(28-15-9-7-14(8-10-15)21(22,23)24)29-20(30-19)26-12-17(25)13-5-3-2-4-6-13/h2-11,17H,12,25H2,1H3,(H2,26,28,29,30)/t17-/m0/s1. The lowest BCUT2D eigenvalue weighted by Crippen LogP contribution is -2.21. The van der Waals surface area contributed by atoms with Crippen LogP contribution in [0, 0.1) is 0 Å². The Bertz CT molecular complexity index is 1170. The molecule has 0 aliphatic heterocycles. The van der Waals surface area contributed by atoms with Crippen LogP contribution >= 0.6 is 0 Å². The number of benzene rings is 2. The van der Waals surface area contributed by atoms with E-state index < -0.39 is 11.7 Å². The molecule has 2 aromatic heterocycles. The monoisotopic (exact) mass is 427 g/mol. The van der Waals surface area contributed by atoms with Crippen LogP contribution in [-0.2, 0) is 13.2 Å². The van der Waals surface area contributed by atoms with Gasteiger partial charge < -0.3 is 16.4 Å². The van der Waals surface area contributed by atoms with Gasteiger partial charge in [0.1, 0.15) is 5.82 Å². The molecule has 0 radical (unpaired) electrons. The molecule has 2 aromatic carbocycles. The maximum atomic E-state index is 12.8. The molecule has 0 amide bonds. The first-order valence-electron chi connectivity index (χ1n) is 9.49. The lowest BCUT2D eigenvalue weighted by Gasteiger charge is -2.14. The molecule has 4 N–H and O–H groups in total. The van der Waals surface area contributed by atoms with Crippen molar-refractivity contribution in [2.75, 3.05) is 17.2 Å². The lowest BCUT2D eigenvalue weighted by atomic mass is 10.1. The summed E-state index contributed by atoms with van der Waals surface area (Å²) in [6.45, 7) is 0.396. The third-order valence-corrected chi connectivity index (χ3v) is 4.77. The van der Waals surface area contributed by atoms with E-state index in [4.69, 9.17) is 5.73 Å². The first-order chi connectivity index (χ1) is 14.8. The second kappa shape index (κ2) is 8.23. The van der Waals surface area contributed by atoms with Gasteiger partial charge in [0.05, 0.1) is 17.1 Å². The summed E-state index contributed by atoms with van der Waals surface area (Å²) in [5.74, 6) is 0.755. The van der Waals surface area contributed by atoms with Crippen molar-refractivity contribution in [1.82, 2.24) is 19.7 Å². The number of hydrogen-bond acceptors (Lipinski definition) is 6. The van der Waals surface area contributed by atoms with E-state index in [-0.39, 0.29) is 6.04 Å². The fourth-order valence-electron chi connectivity index (χ4n) is 3.10. The molecule has 0 saturated heterocycles. The van der Waals surface area contributed by atoms with Crippen LogP contribution in [0.15, 0.2) is 60.8 Å². The van der Waals surface area contributed by atoms with Gasteiger partial charge in [0.15, 0.2) is 5.65 Å². The van der Waals surface area contributed by atoms with Gasteiger partial charge in [0.2, 0.25) is 5.95 Å². The number of rotatable bonds is 6. The van der Waals surface area contributed by atoms with E-state index in [1.165, 1.54) is 12.1 Å². The van der Waals surface area contributed by atoms with Crippen LogP contribution in [0.5, 0.6) is 0 Å². The summed E-state index contributed by atoms with van der Waals surface area (Å²) in [7, 11) is 1.75. The molecule has 0 saturated carbocycles. The van der Waals surface area contributed by atoms with E-state index in [0.29, 0.717) is 35.0 Å². The highest BCUT2D eigenvalue weighted by atomic mass is 19.4. The molecule has 0 bridgehead atoms. The Balaban J connectivity index is 1.58. The van der Waals surface area contributed by atoms with Crippen molar-refractivity contribution in [3.8, 4) is 0 Å². The summed E-state index contributed by atoms with van der Waals surface area (Å²) in [6.07, 6.45) is -2.79. The van der Waals surface area contributed by atoms with Crippen LogP contribution in [0.4, 0.5) is 30.6 Å². The SMILES string of the molecule is Cn1ncc2c(Nc3ccc(C(F)(F)F)cc3)nc(NC[C@H](N)c3ccccc3)nc21. The molecule has 1 atom stereocenters. The van der Waals surface area contributed by atoms with Gasteiger partial charge in [-0.15, -0.1) is 0 Å². The first-order valence-corrected chi connectivity index (χ1v) is 9.49. The third-order valence-electron chi connectivity index (χ3n) is 4.77. The number of nitrogens with two attached hydrogens (primary N) is 1. The van der Waals surface area contributed by atoms with Crippen molar-refractivity contribution in [2.45, 2.75) is 12.2 Å². The van der Waals surface area contributed by atoms with E-state index in [1.807, 2.05) is 30.3 Å². The zero-order valence-electron chi connectivity index (χ0n) is 16.6. The minimum atomic E-state index is -4.39. The van der Waals surface area contributed by atoms with Crippen molar-refractivity contribution < 1.29 is 13.2 Å². The summed E-state index contributed by atoms with van der Waals surface area (Å²) in [4.78, 5) is 8.96. The average molecular weight is 427 g/mol. The lowest BCUT2D eigenvalue weighted by molar-refractivity contribution is -0.137. The fourth-order valence-corrected chi connectivity index (χ4v) is 3.10. The van der Waals surface area contributed by atoms with Gasteiger partial charge in [0, 0.05) is 25.3 Å². The second-order valence-electron chi connectivity index (χ2n) is 7.00. The molecule has 0 aliphatic rings. The number of halogens is 3. The smallest absolute Gasteiger partial charge is 0.352 e. The number of fused-ring (bicyclic) bond motifs is 1. The summed E-state index contributed by atoms with van der Waals surface area (Å²) in [6, 6.07) is 14.1. The number of anilines is 3. The van der Waals surface area contributed by atoms with Crippen molar-refractivity contribution in [2.24, 2.45) is 12.8 Å². The highest BCUT2D eigenvalue weighted by Gasteiger charge is 2.30. The molecule has 160 valence electrons. The van der Waals surface area contributed by atoms with E-state index >= 15 is 0 Å². The predicted octanol–water partition coefficient (Wildman–Crippen LogP) is 4.24. The van der Waals surface area contributed by atoms with Crippen molar-refractivity contribution in [3.63, 3.8) is 0 Å². The summed E-state index contributed by atoms with van der Waals surface area (Å²) in [5, 5.41) is 11.0. The van der Waals surface area contributed by atoms with Gasteiger partial charge in [-0.3, -0.25) is 4.68 Å². The first kappa shape index (κ1) is 20.6. The van der Waals surface area contributed by atoms with Crippen molar-refractivity contribution in [3.05, 3.63) is 71.9 Å². The summed E-state index contributed by atoms with van der Waals surface area (Å²) in [5.41, 5.74) is 7.52. The zero-order valence-corrected chi connectivity index (χ0v) is 16.6. The Morgan fingerprint density at radius 3 is 2.42 bits per heavy atom. The normalized spacial score (nSPS) is 12.7. The Kier molecular flexibility index (Phi) is 5.47. The molecule has 0 spiro atoms. The maximum absolute atomic E-state index is 12.8. The topological polar surface area (TPSA) is 93.7 Å². The van der Waals surface area contributed by atoms with Crippen LogP contribution < -0.4 is 16.4 Å². The minimum Gasteiger partial charge on any atom is -0.352 e. The van der Waals surface area contributed by atoms with Crippen LogP contribution in [0.3, 0.4) is 0 Å². The van der Waals surface area contributed by atoms with Gasteiger partial charge >= 0.3 is 6.18 Å². The molecule has 2 heterocycles. The molecule has 0 unspecified atom stereocenters. The van der Waals surface area contributed by atoms with E-state index in [0.717, 1.165) is 17.7 Å². The van der Waals surface area contributed by atoms with Crippen molar-refractivity contribution >= 4 is 28.5 Å². The fraction of sp³-hybridized carbons (Fsp3) is 0.190. The number of aryl methyl sites for hydroxylation is 1. The number of alkyl halides is 3. The van der Waals surface area contributed by atoms with E-state index in [9.17, 15) is 13.2 Å². The van der Waals surface area contributed by atoms with Crippen LogP contribution in [0.2, 0.25) is 0 Å². The van der Waals surface area contributed by atoms with Gasteiger partial charge in [-0.1, -0.05) is 30.3 Å². The Morgan fingerprint density at radius 2 is 1.74 bits per heavy atom. The number of hydrogen-bond donors (Lipinski definition) is 3. The van der Waals surface area contributed by atoms with E-state index in [1.54, 1.807) is 17.9 Å². The molecule has 31 heavy (non-hydrogen) atoms. The highest BCUT2D eigenvalue weighted by Crippen LogP contribution is 2.31. The average Bonchev–Trinajstić information content (AvgIpc) is 3.13. The second-order valence-corrected chi connectivity index (χ2v) is 7.00. The maximum Gasteiger partial charge on any atom is 0.416 e. The number of nitrogens with one attached hydrogen (secondary N) is 2. The highest BCUT2D eigenvalue weighted by molar-refractivity contribution is 5.89. The number of aromatic nitrogens is 4. The Morgan fingerprint density at radius 1 is 1.03 bits per heavy atom. The van der Waals surface area contributed by atoms with Crippen molar-refractivity contribution in [1.29, 1.82) is 0 Å². The quantitative estimate of drug-likeness (QED) is 0.426. The molecule has 0 fully saturated rings. The Labute approximate surface area is 176 Å². The van der Waals surface area contributed by atoms with Gasteiger partial charge in [-0.25, -0.2) is 0 Å². The molecule has 0 aliphatic carbocycles. The van der Waals surface area contributed by atoms with E-state index in [2.05, 4.69) is 25.7 Å². The van der Waals surface area contributed by atoms with Gasteiger partial charge in [-0.05, 0) is 29.8 Å². The Hall–Kier alpha value is -3.66. The summed E-state index contributed by atoms with van der Waals surface area (Å²) >= 11 is 0. The van der Waals surface area contributed by atoms with Gasteiger partial charge in [0.25, 0.3) is 0 Å². The molecular weight excluding hydrogens is 407 g/mol. The summed E-state index contributed by atoms with van der Waals surface area (Å²) < 4.78 is 40.0. The molecule has 4 rings (SSSR count). The molecular formula is C21H20F3N7. The van der Waals surface area contributed by atoms with Crippen LogP contribution in [0.1, 0.15) is 17.2 Å². The van der Waals surface area contributed by atoms with Gasteiger partial charge in [-0.2, -0.15) is 28.2 Å². The van der Waals surface area contributed by atoms with Crippen LogP contribution in [0.25, 0.3) is 11.0 Å². The molecule has 10 heteroatoms. The largest absolute Gasteiger partial charge is 0.416 e. The minimum absolute atomic E-state index is 0.265. The van der Waals surface area contributed by atoms with Crippen LogP contribution in [-0.4, -0.2) is 26.3 Å². The number of nitrogens with zero attached hydrogens (tertiary/aromatic N) is 4. The molecule has 4 aromatic rings. The third kappa shape index (κ3) is 4.58. The molecule has 7 nitrogen and oxygen atoms in total.